The van der Waals surface area contributed by atoms with Crippen molar-refractivity contribution >= 4 is 43.9 Å². The molecular formula is C20H23N3O3S2. The zero-order valence-electron chi connectivity index (χ0n) is 16.2. The molecule has 28 heavy (non-hydrogen) atoms. The predicted octanol–water partition coefficient (Wildman–Crippen LogP) is 4.59. The van der Waals surface area contributed by atoms with Crippen molar-refractivity contribution in [1.29, 1.82) is 0 Å². The van der Waals surface area contributed by atoms with Crippen molar-refractivity contribution < 1.29 is 14.3 Å². The molecule has 3 heterocycles. The van der Waals surface area contributed by atoms with Crippen molar-refractivity contribution in [2.75, 3.05) is 24.7 Å². The molecule has 0 saturated carbocycles. The first-order valence-electron chi connectivity index (χ1n) is 9.46. The van der Waals surface area contributed by atoms with Crippen LogP contribution in [0.3, 0.4) is 0 Å². The SMILES string of the molecule is CCOc1ccc2nc(N(CC3CCCO3)C(=O)c3sc(C)nc3C)sc2c1. The van der Waals surface area contributed by atoms with Crippen LogP contribution in [0.15, 0.2) is 18.2 Å². The quantitative estimate of drug-likeness (QED) is 0.587. The Bertz CT molecular complexity index is 992. The monoisotopic (exact) mass is 417 g/mol. The van der Waals surface area contributed by atoms with E-state index < -0.39 is 0 Å². The first-order chi connectivity index (χ1) is 13.5. The van der Waals surface area contributed by atoms with Gasteiger partial charge in [0, 0.05) is 6.61 Å². The lowest BCUT2D eigenvalue weighted by Crippen LogP contribution is -2.37. The Balaban J connectivity index is 1.70. The van der Waals surface area contributed by atoms with Crippen molar-refractivity contribution in [3.05, 3.63) is 33.8 Å². The molecule has 0 bridgehead atoms. The minimum absolute atomic E-state index is 0.0456. The maximum atomic E-state index is 13.4. The molecule has 3 aromatic rings. The van der Waals surface area contributed by atoms with Crippen LogP contribution in [0.1, 0.15) is 40.1 Å². The van der Waals surface area contributed by atoms with E-state index in [1.54, 1.807) is 4.90 Å². The fourth-order valence-electron chi connectivity index (χ4n) is 3.36. The highest BCUT2D eigenvalue weighted by Gasteiger charge is 2.29. The molecule has 1 atom stereocenters. The summed E-state index contributed by atoms with van der Waals surface area (Å²) in [6.07, 6.45) is 2.04. The number of amides is 1. The number of benzene rings is 1. The van der Waals surface area contributed by atoms with Crippen LogP contribution in [-0.2, 0) is 4.74 Å². The van der Waals surface area contributed by atoms with E-state index in [4.69, 9.17) is 14.5 Å². The second kappa shape index (κ2) is 8.14. The average molecular weight is 418 g/mol. The van der Waals surface area contributed by atoms with E-state index in [1.807, 2.05) is 39.0 Å². The van der Waals surface area contributed by atoms with Gasteiger partial charge >= 0.3 is 0 Å². The average Bonchev–Trinajstić information content (AvgIpc) is 3.39. The van der Waals surface area contributed by atoms with E-state index in [1.165, 1.54) is 22.7 Å². The number of nitrogens with zero attached hydrogens (tertiary/aromatic N) is 3. The summed E-state index contributed by atoms with van der Waals surface area (Å²) in [5, 5.41) is 1.58. The molecule has 1 amide bonds. The Morgan fingerprint density at radius 1 is 1.32 bits per heavy atom. The number of carbonyl (C=O) groups is 1. The summed E-state index contributed by atoms with van der Waals surface area (Å²) in [6.45, 7) is 7.64. The standard InChI is InChI=1S/C20H23N3O3S2/c1-4-25-14-7-8-16-17(10-14)28-20(22-16)23(11-15-6-5-9-26-15)19(24)18-12(2)21-13(3)27-18/h7-8,10,15H,4-6,9,11H2,1-3H3. The number of thiazole rings is 2. The van der Waals surface area contributed by atoms with Gasteiger partial charge in [-0.3, -0.25) is 9.69 Å². The van der Waals surface area contributed by atoms with E-state index in [0.717, 1.165) is 46.1 Å². The number of rotatable bonds is 6. The molecule has 1 aliphatic rings. The van der Waals surface area contributed by atoms with Gasteiger partial charge in [0.15, 0.2) is 5.13 Å². The third-order valence-corrected chi connectivity index (χ3v) is 6.75. The van der Waals surface area contributed by atoms with E-state index >= 15 is 0 Å². The summed E-state index contributed by atoms with van der Waals surface area (Å²) in [5.41, 5.74) is 1.63. The fraction of sp³-hybridized carbons (Fsp3) is 0.450. The Kier molecular flexibility index (Phi) is 5.61. The topological polar surface area (TPSA) is 64.6 Å². The highest BCUT2D eigenvalue weighted by atomic mass is 32.1. The lowest BCUT2D eigenvalue weighted by molar-refractivity contribution is 0.0920. The van der Waals surface area contributed by atoms with Gasteiger partial charge in [-0.25, -0.2) is 9.97 Å². The number of aromatic nitrogens is 2. The van der Waals surface area contributed by atoms with Gasteiger partial charge in [0.1, 0.15) is 10.6 Å². The summed E-state index contributed by atoms with van der Waals surface area (Å²) in [7, 11) is 0. The summed E-state index contributed by atoms with van der Waals surface area (Å²) in [6, 6.07) is 5.84. The number of fused-ring (bicyclic) bond motifs is 1. The molecule has 6 nitrogen and oxygen atoms in total. The first-order valence-corrected chi connectivity index (χ1v) is 11.1. The number of hydrogen-bond donors (Lipinski definition) is 0. The van der Waals surface area contributed by atoms with E-state index in [2.05, 4.69) is 4.98 Å². The van der Waals surface area contributed by atoms with Crippen molar-refractivity contribution in [2.24, 2.45) is 0 Å². The van der Waals surface area contributed by atoms with Crippen molar-refractivity contribution in [1.82, 2.24) is 9.97 Å². The molecule has 2 aromatic heterocycles. The molecule has 0 aliphatic carbocycles. The normalized spacial score (nSPS) is 16.6. The molecule has 1 aromatic carbocycles. The van der Waals surface area contributed by atoms with Gasteiger partial charge in [0.2, 0.25) is 0 Å². The van der Waals surface area contributed by atoms with Crippen molar-refractivity contribution in [2.45, 2.75) is 39.7 Å². The third-order valence-electron chi connectivity index (χ3n) is 4.64. The number of carbonyl (C=O) groups excluding carboxylic acids is 1. The predicted molar refractivity (Wildman–Crippen MR) is 113 cm³/mol. The van der Waals surface area contributed by atoms with Crippen LogP contribution in [0.5, 0.6) is 5.75 Å². The first kappa shape index (κ1) is 19.3. The van der Waals surface area contributed by atoms with Gasteiger partial charge in [-0.05, 0) is 51.8 Å². The van der Waals surface area contributed by atoms with Gasteiger partial charge in [0.25, 0.3) is 5.91 Å². The highest BCUT2D eigenvalue weighted by molar-refractivity contribution is 7.22. The minimum Gasteiger partial charge on any atom is -0.494 e. The largest absolute Gasteiger partial charge is 0.494 e. The Labute approximate surface area is 172 Å². The maximum absolute atomic E-state index is 13.4. The van der Waals surface area contributed by atoms with Crippen LogP contribution in [-0.4, -0.2) is 41.7 Å². The molecule has 1 unspecified atom stereocenters. The fourth-order valence-corrected chi connectivity index (χ4v) is 5.23. The van der Waals surface area contributed by atoms with Crippen molar-refractivity contribution in [3.63, 3.8) is 0 Å². The molecule has 148 valence electrons. The van der Waals surface area contributed by atoms with Crippen LogP contribution in [0.4, 0.5) is 5.13 Å². The lowest BCUT2D eigenvalue weighted by Gasteiger charge is -2.22. The Morgan fingerprint density at radius 3 is 2.86 bits per heavy atom. The second-order valence-electron chi connectivity index (χ2n) is 6.76. The van der Waals surface area contributed by atoms with E-state index in [-0.39, 0.29) is 12.0 Å². The molecule has 4 rings (SSSR count). The summed E-state index contributed by atoms with van der Waals surface area (Å²) >= 11 is 2.94. The molecule has 0 N–H and O–H groups in total. The van der Waals surface area contributed by atoms with Crippen LogP contribution in [0.2, 0.25) is 0 Å². The molecule has 8 heteroatoms. The molecule has 1 saturated heterocycles. The summed E-state index contributed by atoms with van der Waals surface area (Å²) in [5.74, 6) is 0.763. The molecule has 0 radical (unpaired) electrons. The number of aryl methyl sites for hydroxylation is 2. The summed E-state index contributed by atoms with van der Waals surface area (Å²) in [4.78, 5) is 25.0. The number of anilines is 1. The van der Waals surface area contributed by atoms with Crippen molar-refractivity contribution in [3.8, 4) is 5.75 Å². The van der Waals surface area contributed by atoms with Gasteiger partial charge in [-0.15, -0.1) is 11.3 Å². The lowest BCUT2D eigenvalue weighted by atomic mass is 10.2. The Hall–Kier alpha value is -2.03. The summed E-state index contributed by atoms with van der Waals surface area (Å²) < 4.78 is 12.4. The van der Waals surface area contributed by atoms with Crippen LogP contribution in [0.25, 0.3) is 10.2 Å². The molecule has 0 spiro atoms. The maximum Gasteiger partial charge on any atom is 0.272 e. The van der Waals surface area contributed by atoms with Gasteiger partial charge in [-0.2, -0.15) is 0 Å². The molecular weight excluding hydrogens is 394 g/mol. The van der Waals surface area contributed by atoms with E-state index in [9.17, 15) is 4.79 Å². The van der Waals surface area contributed by atoms with Crippen LogP contribution >= 0.6 is 22.7 Å². The van der Waals surface area contributed by atoms with Gasteiger partial charge < -0.3 is 9.47 Å². The smallest absolute Gasteiger partial charge is 0.272 e. The second-order valence-corrected chi connectivity index (χ2v) is 8.97. The Morgan fingerprint density at radius 2 is 2.18 bits per heavy atom. The molecule has 1 aliphatic heterocycles. The third kappa shape index (κ3) is 3.90. The van der Waals surface area contributed by atoms with Gasteiger partial charge in [-0.1, -0.05) is 11.3 Å². The van der Waals surface area contributed by atoms with E-state index in [0.29, 0.717) is 23.2 Å². The zero-order chi connectivity index (χ0) is 19.7. The van der Waals surface area contributed by atoms with Gasteiger partial charge in [0.05, 0.1) is 40.2 Å². The minimum atomic E-state index is -0.0531. The number of ether oxygens (including phenoxy) is 2. The molecule has 1 fully saturated rings. The van der Waals surface area contributed by atoms with Crippen LogP contribution in [0, 0.1) is 13.8 Å². The zero-order valence-corrected chi connectivity index (χ0v) is 17.9. The highest BCUT2D eigenvalue weighted by Crippen LogP contribution is 2.34. The number of hydrogen-bond acceptors (Lipinski definition) is 7. The van der Waals surface area contributed by atoms with Crippen LogP contribution < -0.4 is 9.64 Å².